The highest BCUT2D eigenvalue weighted by Crippen LogP contribution is 2.12. The number of carbonyl (C=O) groups is 1. The largest absolute Gasteiger partial charge is 0.464 e. The van der Waals surface area contributed by atoms with Gasteiger partial charge < -0.3 is 9.30 Å². The maximum Gasteiger partial charge on any atom is 0.354 e. The van der Waals surface area contributed by atoms with Gasteiger partial charge in [-0.2, -0.15) is 0 Å². The number of hydrogen-bond donors (Lipinski definition) is 0. The van der Waals surface area contributed by atoms with Crippen LogP contribution in [0, 0.1) is 5.92 Å². The van der Waals surface area contributed by atoms with Gasteiger partial charge in [-0.1, -0.05) is 13.8 Å². The number of hydrogen-bond acceptors (Lipinski definition) is 2. The third-order valence-corrected chi connectivity index (χ3v) is 2.24. The lowest BCUT2D eigenvalue weighted by atomic mass is 10.1. The predicted octanol–water partition coefficient (Wildman–Crippen LogP) is 2.01. The number of rotatable bonds is 3. The fourth-order valence-electron chi connectivity index (χ4n) is 1.49. The van der Waals surface area contributed by atoms with E-state index in [1.807, 2.05) is 23.7 Å². The minimum Gasteiger partial charge on any atom is -0.464 e. The molecule has 0 radical (unpaired) electrons. The van der Waals surface area contributed by atoms with Gasteiger partial charge in [0.05, 0.1) is 7.11 Å². The van der Waals surface area contributed by atoms with E-state index in [9.17, 15) is 4.79 Å². The Hall–Kier alpha value is -1.25. The van der Waals surface area contributed by atoms with Gasteiger partial charge in [0.2, 0.25) is 0 Å². The van der Waals surface area contributed by atoms with Gasteiger partial charge in [0, 0.05) is 12.7 Å². The molecular weight excluding hydrogens is 178 g/mol. The molecule has 14 heavy (non-hydrogen) atoms. The number of esters is 1. The van der Waals surface area contributed by atoms with Gasteiger partial charge in [-0.05, 0) is 24.5 Å². The van der Waals surface area contributed by atoms with Gasteiger partial charge in [-0.15, -0.1) is 0 Å². The van der Waals surface area contributed by atoms with Crippen molar-refractivity contribution in [3.8, 4) is 0 Å². The quantitative estimate of drug-likeness (QED) is 0.691. The molecule has 0 aliphatic rings. The lowest BCUT2D eigenvalue weighted by Gasteiger charge is -2.08. The van der Waals surface area contributed by atoms with Crippen LogP contribution < -0.4 is 0 Å². The molecule has 0 saturated heterocycles. The maximum absolute atomic E-state index is 11.3. The minimum atomic E-state index is -0.275. The highest BCUT2D eigenvalue weighted by molar-refractivity contribution is 5.87. The van der Waals surface area contributed by atoms with Gasteiger partial charge >= 0.3 is 5.97 Å². The number of nitrogens with zero attached hydrogens (tertiary/aromatic N) is 1. The molecule has 3 heteroatoms. The van der Waals surface area contributed by atoms with Crippen LogP contribution in [0.1, 0.15) is 30.0 Å². The first-order chi connectivity index (χ1) is 6.56. The lowest BCUT2D eigenvalue weighted by molar-refractivity contribution is 0.0589. The molecule has 0 unspecified atom stereocenters. The van der Waals surface area contributed by atoms with Crippen molar-refractivity contribution in [2.75, 3.05) is 7.11 Å². The van der Waals surface area contributed by atoms with E-state index in [1.54, 1.807) is 0 Å². The number of methoxy groups -OCH3 is 1. The zero-order valence-corrected chi connectivity index (χ0v) is 9.20. The van der Waals surface area contributed by atoms with Crippen LogP contribution in [0.5, 0.6) is 0 Å². The number of carbonyl (C=O) groups excluding carboxylic acids is 1. The number of aromatic nitrogens is 1. The molecule has 0 spiro atoms. The van der Waals surface area contributed by atoms with E-state index in [-0.39, 0.29) is 5.97 Å². The average molecular weight is 195 g/mol. The van der Waals surface area contributed by atoms with Crippen molar-refractivity contribution in [1.29, 1.82) is 0 Å². The summed E-state index contributed by atoms with van der Waals surface area (Å²) >= 11 is 0. The molecule has 0 aliphatic carbocycles. The summed E-state index contributed by atoms with van der Waals surface area (Å²) in [4.78, 5) is 11.3. The van der Waals surface area contributed by atoms with Crippen LogP contribution >= 0.6 is 0 Å². The van der Waals surface area contributed by atoms with E-state index in [0.717, 1.165) is 6.42 Å². The smallest absolute Gasteiger partial charge is 0.354 e. The summed E-state index contributed by atoms with van der Waals surface area (Å²) in [5, 5.41) is 0. The van der Waals surface area contributed by atoms with Crippen molar-refractivity contribution in [3.05, 3.63) is 23.5 Å². The SMILES string of the molecule is COC(=O)c1ccc(CC(C)C)n1C. The second-order valence-corrected chi connectivity index (χ2v) is 3.86. The van der Waals surface area contributed by atoms with Gasteiger partial charge in [0.25, 0.3) is 0 Å². The highest BCUT2D eigenvalue weighted by atomic mass is 16.5. The average Bonchev–Trinajstić information content (AvgIpc) is 2.46. The summed E-state index contributed by atoms with van der Waals surface area (Å²) in [6.07, 6.45) is 0.980. The molecule has 3 nitrogen and oxygen atoms in total. The minimum absolute atomic E-state index is 0.275. The highest BCUT2D eigenvalue weighted by Gasteiger charge is 2.12. The zero-order valence-electron chi connectivity index (χ0n) is 9.20. The maximum atomic E-state index is 11.3. The lowest BCUT2D eigenvalue weighted by Crippen LogP contribution is -2.10. The van der Waals surface area contributed by atoms with Crippen LogP contribution in [-0.2, 0) is 18.2 Å². The molecule has 0 aromatic carbocycles. The molecule has 0 N–H and O–H groups in total. The third kappa shape index (κ3) is 2.16. The molecule has 1 rings (SSSR count). The second kappa shape index (κ2) is 4.31. The molecule has 0 amide bonds. The third-order valence-electron chi connectivity index (χ3n) is 2.24. The van der Waals surface area contributed by atoms with Crippen LogP contribution in [0.15, 0.2) is 12.1 Å². The van der Waals surface area contributed by atoms with E-state index in [2.05, 4.69) is 18.6 Å². The molecule has 1 heterocycles. The van der Waals surface area contributed by atoms with Crippen LogP contribution in [0.4, 0.5) is 0 Å². The Morgan fingerprint density at radius 1 is 1.50 bits per heavy atom. The molecule has 0 bridgehead atoms. The van der Waals surface area contributed by atoms with E-state index in [4.69, 9.17) is 0 Å². The van der Waals surface area contributed by atoms with Crippen molar-refractivity contribution in [3.63, 3.8) is 0 Å². The Balaban J connectivity index is 2.90. The fourth-order valence-corrected chi connectivity index (χ4v) is 1.49. The monoisotopic (exact) mass is 195 g/mol. The predicted molar refractivity (Wildman–Crippen MR) is 55.3 cm³/mol. The zero-order chi connectivity index (χ0) is 10.7. The first-order valence-corrected chi connectivity index (χ1v) is 4.79. The second-order valence-electron chi connectivity index (χ2n) is 3.86. The van der Waals surface area contributed by atoms with Crippen LogP contribution in [0.3, 0.4) is 0 Å². The molecule has 0 saturated carbocycles. The number of ether oxygens (including phenoxy) is 1. The van der Waals surface area contributed by atoms with Crippen molar-refractivity contribution < 1.29 is 9.53 Å². The van der Waals surface area contributed by atoms with Gasteiger partial charge in [0.15, 0.2) is 0 Å². The van der Waals surface area contributed by atoms with Crippen LogP contribution in [0.2, 0.25) is 0 Å². The summed E-state index contributed by atoms with van der Waals surface area (Å²) in [6.45, 7) is 4.32. The summed E-state index contributed by atoms with van der Waals surface area (Å²) in [5.74, 6) is 0.316. The van der Waals surface area contributed by atoms with Gasteiger partial charge in [-0.3, -0.25) is 0 Å². The Kier molecular flexibility index (Phi) is 3.33. The summed E-state index contributed by atoms with van der Waals surface area (Å²) < 4.78 is 6.57. The van der Waals surface area contributed by atoms with Crippen molar-refractivity contribution in [2.24, 2.45) is 13.0 Å². The molecule has 1 aromatic heterocycles. The Morgan fingerprint density at radius 3 is 2.64 bits per heavy atom. The van der Waals surface area contributed by atoms with Crippen molar-refractivity contribution >= 4 is 5.97 Å². The molecule has 1 aromatic rings. The van der Waals surface area contributed by atoms with Crippen LogP contribution in [0.25, 0.3) is 0 Å². The normalized spacial score (nSPS) is 10.6. The molecule has 78 valence electrons. The van der Waals surface area contributed by atoms with E-state index >= 15 is 0 Å². The fraction of sp³-hybridized carbons (Fsp3) is 0.545. The summed E-state index contributed by atoms with van der Waals surface area (Å²) in [6, 6.07) is 3.79. The van der Waals surface area contributed by atoms with E-state index in [0.29, 0.717) is 11.6 Å². The molecule has 0 aliphatic heterocycles. The van der Waals surface area contributed by atoms with Crippen molar-refractivity contribution in [1.82, 2.24) is 4.57 Å². The molecule has 0 fully saturated rings. The summed E-state index contributed by atoms with van der Waals surface area (Å²) in [7, 11) is 3.29. The Bertz CT molecular complexity index is 326. The molecular formula is C11H17NO2. The van der Waals surface area contributed by atoms with Gasteiger partial charge in [0.1, 0.15) is 5.69 Å². The first kappa shape index (κ1) is 10.8. The van der Waals surface area contributed by atoms with E-state index in [1.165, 1.54) is 12.8 Å². The first-order valence-electron chi connectivity index (χ1n) is 4.79. The molecule has 0 atom stereocenters. The van der Waals surface area contributed by atoms with E-state index < -0.39 is 0 Å². The van der Waals surface area contributed by atoms with Crippen molar-refractivity contribution in [2.45, 2.75) is 20.3 Å². The van der Waals surface area contributed by atoms with Crippen LogP contribution in [-0.4, -0.2) is 17.6 Å². The summed E-state index contributed by atoms with van der Waals surface area (Å²) in [5.41, 5.74) is 1.78. The van der Waals surface area contributed by atoms with Gasteiger partial charge in [-0.25, -0.2) is 4.79 Å². The standard InChI is InChI=1S/C11H17NO2/c1-8(2)7-9-5-6-10(12(9)3)11(13)14-4/h5-6,8H,7H2,1-4H3. The Morgan fingerprint density at radius 2 is 2.14 bits per heavy atom. The Labute approximate surface area is 84.7 Å². The topological polar surface area (TPSA) is 31.2 Å².